The van der Waals surface area contributed by atoms with Crippen molar-refractivity contribution >= 4 is 28.4 Å². The zero-order valence-corrected chi connectivity index (χ0v) is 18.8. The molecule has 33 heavy (non-hydrogen) atoms. The van der Waals surface area contributed by atoms with Crippen LogP contribution in [0.5, 0.6) is 0 Å². The van der Waals surface area contributed by atoms with Crippen molar-refractivity contribution in [3.63, 3.8) is 0 Å². The van der Waals surface area contributed by atoms with Crippen LogP contribution in [0.15, 0.2) is 88.3 Å². The third-order valence-electron chi connectivity index (χ3n) is 5.00. The van der Waals surface area contributed by atoms with Crippen molar-refractivity contribution in [2.24, 2.45) is 10.1 Å². The van der Waals surface area contributed by atoms with Gasteiger partial charge in [0.25, 0.3) is 5.69 Å². The molecule has 0 amide bonds. The molecule has 0 spiro atoms. The Kier molecular flexibility index (Phi) is 6.24. The van der Waals surface area contributed by atoms with E-state index < -0.39 is 4.92 Å². The van der Waals surface area contributed by atoms with E-state index in [0.29, 0.717) is 10.4 Å². The molecule has 0 saturated carbocycles. The van der Waals surface area contributed by atoms with Gasteiger partial charge in [0, 0.05) is 23.1 Å². The average molecular weight is 454 g/mol. The van der Waals surface area contributed by atoms with Gasteiger partial charge >= 0.3 is 0 Å². The van der Waals surface area contributed by atoms with Crippen LogP contribution in [0, 0.1) is 28.4 Å². The van der Waals surface area contributed by atoms with Gasteiger partial charge in [0.15, 0.2) is 0 Å². The third-order valence-corrected chi connectivity index (χ3v) is 5.82. The lowest BCUT2D eigenvalue weighted by atomic mass is 10.1. The van der Waals surface area contributed by atoms with Gasteiger partial charge in [-0.1, -0.05) is 29.8 Å². The Balaban J connectivity index is 1.85. The summed E-state index contributed by atoms with van der Waals surface area (Å²) >= 11 is 1.44. The highest BCUT2D eigenvalue weighted by Crippen LogP contribution is 2.24. The van der Waals surface area contributed by atoms with E-state index >= 15 is 0 Å². The number of non-ortho nitro benzene ring substituents is 1. The Hall–Kier alpha value is -4.35. The molecule has 0 bridgehead atoms. The molecule has 0 N–H and O–H groups in total. The lowest BCUT2D eigenvalue weighted by molar-refractivity contribution is -0.384. The first-order chi connectivity index (χ1) is 15.9. The van der Waals surface area contributed by atoms with Gasteiger partial charge < -0.3 is 0 Å². The number of thiazole rings is 1. The molecular weight excluding hydrogens is 434 g/mol. The second kappa shape index (κ2) is 9.42. The van der Waals surface area contributed by atoms with Crippen LogP contribution in [0.1, 0.15) is 23.6 Å². The normalized spacial score (nSPS) is 11.9. The van der Waals surface area contributed by atoms with Crippen molar-refractivity contribution in [2.75, 3.05) is 0 Å². The first-order valence-electron chi connectivity index (χ1n) is 10.1. The fraction of sp³-hybridized carbons (Fsp3) is 0.0800. The van der Waals surface area contributed by atoms with E-state index in [0.717, 1.165) is 33.8 Å². The molecule has 0 aliphatic carbocycles. The van der Waals surface area contributed by atoms with Crippen LogP contribution in [0.25, 0.3) is 11.3 Å². The summed E-state index contributed by atoms with van der Waals surface area (Å²) in [6, 6.07) is 23.6. The minimum Gasteiger partial charge on any atom is -0.258 e. The van der Waals surface area contributed by atoms with Crippen LogP contribution in [0.4, 0.5) is 11.4 Å². The fourth-order valence-electron chi connectivity index (χ4n) is 3.15. The minimum absolute atomic E-state index is 0.0300. The van der Waals surface area contributed by atoms with Gasteiger partial charge in [0.1, 0.15) is 0 Å². The molecule has 0 radical (unpaired) electrons. The zero-order valence-electron chi connectivity index (χ0n) is 18.0. The number of nitro benzene ring substituents is 1. The molecule has 1 aromatic heterocycles. The summed E-state index contributed by atoms with van der Waals surface area (Å²) in [6.45, 7) is 3.91. The second-order valence-corrected chi connectivity index (χ2v) is 8.18. The summed E-state index contributed by atoms with van der Waals surface area (Å²) in [5, 5.41) is 26.8. The van der Waals surface area contributed by atoms with E-state index in [1.54, 1.807) is 28.9 Å². The predicted octanol–water partition coefficient (Wildman–Crippen LogP) is 5.81. The van der Waals surface area contributed by atoms with Crippen molar-refractivity contribution < 1.29 is 4.92 Å². The van der Waals surface area contributed by atoms with Crippen LogP contribution in [-0.4, -0.2) is 15.3 Å². The maximum Gasteiger partial charge on any atom is 0.269 e. The molecule has 0 saturated heterocycles. The van der Waals surface area contributed by atoms with Crippen LogP contribution in [-0.2, 0) is 0 Å². The number of hydrogen-bond donors (Lipinski definition) is 0. The Morgan fingerprint density at radius 1 is 1.03 bits per heavy atom. The zero-order chi connectivity index (χ0) is 23.4. The number of nitriles is 1. The van der Waals surface area contributed by atoms with Crippen molar-refractivity contribution in [1.29, 1.82) is 5.26 Å². The Morgan fingerprint density at radius 3 is 2.30 bits per heavy atom. The minimum atomic E-state index is -0.420. The molecule has 8 heteroatoms. The fourth-order valence-corrected chi connectivity index (χ4v) is 4.00. The number of aryl methyl sites for hydroxylation is 1. The highest BCUT2D eigenvalue weighted by Gasteiger charge is 2.12. The predicted molar refractivity (Wildman–Crippen MR) is 130 cm³/mol. The number of aromatic nitrogens is 1. The number of benzene rings is 3. The van der Waals surface area contributed by atoms with E-state index in [-0.39, 0.29) is 5.69 Å². The Morgan fingerprint density at radius 2 is 1.70 bits per heavy atom. The maximum absolute atomic E-state index is 11.0. The van der Waals surface area contributed by atoms with Gasteiger partial charge in [-0.05, 0) is 55.8 Å². The van der Waals surface area contributed by atoms with Gasteiger partial charge in [-0.25, -0.2) is 9.67 Å². The maximum atomic E-state index is 11.0. The lowest BCUT2D eigenvalue weighted by Gasteiger charge is -2.07. The molecule has 7 nitrogen and oxygen atoms in total. The Labute approximate surface area is 194 Å². The number of nitrogens with zero attached hydrogens (tertiary/aromatic N) is 5. The van der Waals surface area contributed by atoms with E-state index in [2.05, 4.69) is 6.07 Å². The van der Waals surface area contributed by atoms with E-state index in [9.17, 15) is 10.1 Å². The molecule has 4 aromatic rings. The average Bonchev–Trinajstić information content (AvgIpc) is 3.22. The molecule has 162 valence electrons. The molecule has 1 heterocycles. The van der Waals surface area contributed by atoms with E-state index in [1.165, 1.54) is 23.5 Å². The van der Waals surface area contributed by atoms with E-state index in [4.69, 9.17) is 15.4 Å². The van der Waals surface area contributed by atoms with Gasteiger partial charge in [-0.2, -0.15) is 10.4 Å². The quantitative estimate of drug-likeness (QED) is 0.217. The van der Waals surface area contributed by atoms with Crippen LogP contribution < -0.4 is 4.80 Å². The van der Waals surface area contributed by atoms with Crippen molar-refractivity contribution in [2.45, 2.75) is 13.8 Å². The monoisotopic (exact) mass is 453 g/mol. The van der Waals surface area contributed by atoms with Crippen molar-refractivity contribution in [1.82, 2.24) is 4.68 Å². The van der Waals surface area contributed by atoms with E-state index in [1.807, 2.05) is 55.6 Å². The molecule has 0 unspecified atom stereocenters. The second-order valence-electron chi connectivity index (χ2n) is 7.34. The standard InChI is InChI=1S/C25H19N5O2S/c1-17-3-11-22(12-4-17)27-25-29(28-18(2)20-7-5-19(15-26)6-8-20)24(16-33-25)21-9-13-23(14-10-21)30(31)32/h3-14,16H,1-2H3. The molecule has 0 aliphatic heterocycles. The van der Waals surface area contributed by atoms with Crippen molar-refractivity contribution in [3.8, 4) is 17.3 Å². The summed E-state index contributed by atoms with van der Waals surface area (Å²) in [5.74, 6) is 0. The SMILES string of the molecule is CC(=Nn1c(-c2ccc([N+](=O)[O-])cc2)csc1=Nc1ccc(C)cc1)c1ccc(C#N)cc1. The van der Waals surface area contributed by atoms with Gasteiger partial charge in [0.05, 0.1) is 33.6 Å². The largest absolute Gasteiger partial charge is 0.269 e. The highest BCUT2D eigenvalue weighted by molar-refractivity contribution is 7.07. The van der Waals surface area contributed by atoms with Gasteiger partial charge in [-0.3, -0.25) is 10.1 Å². The molecular formula is C25H19N5O2S. The molecule has 0 aliphatic rings. The van der Waals surface area contributed by atoms with Gasteiger partial charge in [0.2, 0.25) is 4.80 Å². The first kappa shape index (κ1) is 21.9. The van der Waals surface area contributed by atoms with Gasteiger partial charge in [-0.15, -0.1) is 11.3 Å². The summed E-state index contributed by atoms with van der Waals surface area (Å²) < 4.78 is 1.75. The number of nitro groups is 1. The van der Waals surface area contributed by atoms with Crippen LogP contribution in [0.3, 0.4) is 0 Å². The smallest absolute Gasteiger partial charge is 0.258 e. The van der Waals surface area contributed by atoms with Crippen LogP contribution >= 0.6 is 11.3 Å². The summed E-state index contributed by atoms with van der Waals surface area (Å²) in [7, 11) is 0. The third kappa shape index (κ3) is 4.95. The van der Waals surface area contributed by atoms with Crippen LogP contribution in [0.2, 0.25) is 0 Å². The number of hydrogen-bond acceptors (Lipinski definition) is 6. The summed E-state index contributed by atoms with van der Waals surface area (Å²) in [4.78, 5) is 16.1. The first-order valence-corrected chi connectivity index (χ1v) is 11.0. The molecule has 0 atom stereocenters. The summed E-state index contributed by atoms with van der Waals surface area (Å²) in [5.41, 5.74) is 5.74. The molecule has 3 aromatic carbocycles. The number of rotatable bonds is 5. The molecule has 0 fully saturated rings. The van der Waals surface area contributed by atoms with Crippen molar-refractivity contribution in [3.05, 3.63) is 110 Å². The highest BCUT2D eigenvalue weighted by atomic mass is 32.1. The molecule has 4 rings (SSSR count). The summed E-state index contributed by atoms with van der Waals surface area (Å²) in [6.07, 6.45) is 0. The lowest BCUT2D eigenvalue weighted by Crippen LogP contribution is -2.13. The Bertz CT molecular complexity index is 1440. The topological polar surface area (TPSA) is 96.6 Å².